The van der Waals surface area contributed by atoms with Crippen LogP contribution in [0, 0.1) is 0 Å². The summed E-state index contributed by atoms with van der Waals surface area (Å²) >= 11 is 0. The Hall–Kier alpha value is -2.62. The van der Waals surface area contributed by atoms with Gasteiger partial charge in [0.05, 0.1) is 36.2 Å². The first-order valence-electron chi connectivity index (χ1n) is 11.9. The van der Waals surface area contributed by atoms with E-state index < -0.39 is 12.1 Å². The van der Waals surface area contributed by atoms with Gasteiger partial charge in [0.2, 0.25) is 5.43 Å². The number of ether oxygens (including phenoxy) is 1. The van der Waals surface area contributed by atoms with Crippen LogP contribution in [0.4, 0.5) is 11.4 Å². The predicted molar refractivity (Wildman–Crippen MR) is 128 cm³/mol. The van der Waals surface area contributed by atoms with E-state index in [4.69, 9.17) is 4.74 Å². The number of hydrogen-bond acceptors (Lipinski definition) is 8. The van der Waals surface area contributed by atoms with Crippen molar-refractivity contribution in [2.45, 2.75) is 38.8 Å². The first kappa shape index (κ1) is 23.5. The van der Waals surface area contributed by atoms with E-state index in [0.29, 0.717) is 11.1 Å². The third kappa shape index (κ3) is 5.00. The summed E-state index contributed by atoms with van der Waals surface area (Å²) in [5.41, 5.74) is 2.16. The molecule has 1 aromatic heterocycles. The molecule has 2 aromatic rings. The molecule has 2 aliphatic rings. The highest BCUT2D eigenvalue weighted by atomic mass is 16.5. The van der Waals surface area contributed by atoms with Crippen LogP contribution in [0.3, 0.4) is 0 Å². The molecular weight excluding hydrogens is 424 g/mol. The zero-order chi connectivity index (χ0) is 23.5. The monoisotopic (exact) mass is 458 g/mol. The van der Waals surface area contributed by atoms with Crippen LogP contribution >= 0.6 is 0 Å². The smallest absolute Gasteiger partial charge is 0.343 e. The quantitative estimate of drug-likeness (QED) is 0.485. The number of likely N-dealkylation sites (N-methyl/N-ethyl adjacent to an activating group) is 1. The second-order valence-corrected chi connectivity index (χ2v) is 8.76. The number of aromatic nitrogens is 1. The number of piperazine rings is 1. The highest BCUT2D eigenvalue weighted by Gasteiger charge is 2.29. The minimum absolute atomic E-state index is 0.0434. The number of pyridine rings is 1. The van der Waals surface area contributed by atoms with E-state index in [1.165, 1.54) is 0 Å². The van der Waals surface area contributed by atoms with Gasteiger partial charge in [0, 0.05) is 50.3 Å². The minimum Gasteiger partial charge on any atom is -0.462 e. The van der Waals surface area contributed by atoms with Crippen molar-refractivity contribution >= 4 is 28.2 Å². The van der Waals surface area contributed by atoms with Crippen molar-refractivity contribution in [3.63, 3.8) is 0 Å². The molecule has 180 valence electrons. The molecule has 9 heteroatoms. The number of benzene rings is 1. The van der Waals surface area contributed by atoms with Gasteiger partial charge in [-0.25, -0.2) is 4.79 Å². The van der Waals surface area contributed by atoms with Crippen molar-refractivity contribution in [3.8, 4) is 0 Å². The largest absolute Gasteiger partial charge is 0.462 e. The lowest BCUT2D eigenvalue weighted by Crippen LogP contribution is -2.46. The molecule has 33 heavy (non-hydrogen) atoms. The number of aliphatic hydroxyl groups is 2. The zero-order valence-electron chi connectivity index (χ0n) is 19.4. The third-order valence-electron chi connectivity index (χ3n) is 6.48. The van der Waals surface area contributed by atoms with E-state index in [1.807, 2.05) is 10.6 Å². The van der Waals surface area contributed by atoms with Gasteiger partial charge in [-0.05, 0) is 38.4 Å². The second kappa shape index (κ2) is 10.1. The molecule has 9 nitrogen and oxygen atoms in total. The van der Waals surface area contributed by atoms with Crippen molar-refractivity contribution in [2.75, 3.05) is 62.7 Å². The normalized spacial score (nSPS) is 17.9. The maximum absolute atomic E-state index is 13.3. The summed E-state index contributed by atoms with van der Waals surface area (Å²) in [5.74, 6) is -0.608. The van der Waals surface area contributed by atoms with Crippen molar-refractivity contribution in [2.24, 2.45) is 0 Å². The van der Waals surface area contributed by atoms with E-state index in [1.54, 1.807) is 19.2 Å². The number of anilines is 2. The SMILES string of the molecule is CCOC(=O)c1cn(C2CC2)c2cc(N3CCN(CC)CC3)c(NCC(O)CO)cc2c1=O. The molecular formula is C24H34N4O5. The first-order chi connectivity index (χ1) is 16.0. The van der Waals surface area contributed by atoms with E-state index in [9.17, 15) is 19.8 Å². The van der Waals surface area contributed by atoms with Crippen molar-refractivity contribution in [3.05, 3.63) is 34.1 Å². The molecule has 0 amide bonds. The van der Waals surface area contributed by atoms with Gasteiger partial charge in [-0.1, -0.05) is 6.92 Å². The first-order valence-corrected chi connectivity index (χ1v) is 11.9. The third-order valence-corrected chi connectivity index (χ3v) is 6.48. The number of nitrogens with zero attached hydrogens (tertiary/aromatic N) is 3. The van der Waals surface area contributed by atoms with Gasteiger partial charge < -0.3 is 34.6 Å². The van der Waals surface area contributed by atoms with Gasteiger partial charge in [0.1, 0.15) is 5.56 Å². The highest BCUT2D eigenvalue weighted by molar-refractivity contribution is 5.97. The summed E-state index contributed by atoms with van der Waals surface area (Å²) in [5, 5.41) is 22.8. The van der Waals surface area contributed by atoms with Crippen molar-refractivity contribution in [1.29, 1.82) is 0 Å². The summed E-state index contributed by atoms with van der Waals surface area (Å²) in [7, 11) is 0. The fourth-order valence-electron chi connectivity index (χ4n) is 4.39. The molecule has 2 fully saturated rings. The lowest BCUT2D eigenvalue weighted by Gasteiger charge is -2.37. The van der Waals surface area contributed by atoms with Gasteiger partial charge in [0.15, 0.2) is 0 Å². The van der Waals surface area contributed by atoms with Crippen LogP contribution in [0.5, 0.6) is 0 Å². The Morgan fingerprint density at radius 3 is 2.55 bits per heavy atom. The summed E-state index contributed by atoms with van der Waals surface area (Å²) in [4.78, 5) is 30.5. The van der Waals surface area contributed by atoms with Crippen LogP contribution < -0.4 is 15.6 Å². The van der Waals surface area contributed by atoms with Crippen molar-refractivity contribution in [1.82, 2.24) is 9.47 Å². The lowest BCUT2D eigenvalue weighted by molar-refractivity contribution is 0.0524. The molecule has 0 spiro atoms. The molecule has 1 aliphatic carbocycles. The van der Waals surface area contributed by atoms with E-state index in [-0.39, 0.29) is 36.8 Å². The van der Waals surface area contributed by atoms with Crippen molar-refractivity contribution < 1.29 is 19.7 Å². The Bertz CT molecular complexity index is 1060. The number of aliphatic hydroxyl groups excluding tert-OH is 2. The molecule has 1 unspecified atom stereocenters. The standard InChI is InChI=1S/C24H34N4O5/c1-3-26-7-9-27(10-8-26)22-12-21-18(11-20(22)25-13-17(30)15-29)23(31)19(24(32)33-4-2)14-28(21)16-5-6-16/h11-12,14,16-17,25,29-30H,3-10,13,15H2,1-2H3. The second-order valence-electron chi connectivity index (χ2n) is 8.76. The number of nitrogens with one attached hydrogen (secondary N) is 1. The maximum atomic E-state index is 13.3. The molecule has 1 aromatic carbocycles. The van der Waals surface area contributed by atoms with Crippen LogP contribution in [0.1, 0.15) is 43.1 Å². The van der Waals surface area contributed by atoms with Gasteiger partial charge in [-0.2, -0.15) is 0 Å². The molecule has 3 N–H and O–H groups in total. The number of carbonyl (C=O) groups excluding carboxylic acids is 1. The Labute approximate surface area is 193 Å². The van der Waals surface area contributed by atoms with Crippen LogP contribution in [0.15, 0.2) is 23.1 Å². The van der Waals surface area contributed by atoms with E-state index >= 15 is 0 Å². The Morgan fingerprint density at radius 1 is 1.21 bits per heavy atom. The summed E-state index contributed by atoms with van der Waals surface area (Å²) in [6.07, 6.45) is 2.75. The van der Waals surface area contributed by atoms with Crippen LogP contribution in [-0.4, -0.2) is 84.2 Å². The van der Waals surface area contributed by atoms with Gasteiger partial charge in [-0.3, -0.25) is 4.79 Å². The van der Waals surface area contributed by atoms with E-state index in [0.717, 1.165) is 56.8 Å². The Kier molecular flexibility index (Phi) is 7.21. The zero-order valence-corrected chi connectivity index (χ0v) is 19.4. The fraction of sp³-hybridized carbons (Fsp3) is 0.583. The maximum Gasteiger partial charge on any atom is 0.343 e. The molecule has 4 rings (SSSR count). The number of carbonyl (C=O) groups is 1. The average Bonchev–Trinajstić information content (AvgIpc) is 3.68. The molecule has 1 saturated heterocycles. The highest BCUT2D eigenvalue weighted by Crippen LogP contribution is 2.39. The molecule has 2 heterocycles. The minimum atomic E-state index is -0.917. The van der Waals surface area contributed by atoms with Crippen LogP contribution in [-0.2, 0) is 4.74 Å². The number of esters is 1. The van der Waals surface area contributed by atoms with Crippen LogP contribution in [0.25, 0.3) is 10.9 Å². The molecule has 0 bridgehead atoms. The Morgan fingerprint density at radius 2 is 1.94 bits per heavy atom. The van der Waals surface area contributed by atoms with Crippen LogP contribution in [0.2, 0.25) is 0 Å². The predicted octanol–water partition coefficient (Wildman–Crippen LogP) is 1.42. The lowest BCUT2D eigenvalue weighted by atomic mass is 10.1. The van der Waals surface area contributed by atoms with Gasteiger partial charge >= 0.3 is 5.97 Å². The molecule has 1 saturated carbocycles. The number of rotatable bonds is 9. The average molecular weight is 459 g/mol. The van der Waals surface area contributed by atoms with Gasteiger partial charge in [0.25, 0.3) is 0 Å². The summed E-state index contributed by atoms with van der Waals surface area (Å²) in [6, 6.07) is 4.07. The number of hydrogen-bond donors (Lipinski definition) is 3. The van der Waals surface area contributed by atoms with Gasteiger partial charge in [-0.15, -0.1) is 0 Å². The molecule has 1 atom stereocenters. The van der Waals surface area contributed by atoms with E-state index in [2.05, 4.69) is 22.0 Å². The topological polar surface area (TPSA) is 107 Å². The Balaban J connectivity index is 1.83. The summed E-state index contributed by atoms with van der Waals surface area (Å²) in [6.45, 7) is 8.49. The molecule has 1 aliphatic heterocycles. The fourth-order valence-corrected chi connectivity index (χ4v) is 4.39. The number of fused-ring (bicyclic) bond motifs is 1. The summed E-state index contributed by atoms with van der Waals surface area (Å²) < 4.78 is 7.18. The molecule has 0 radical (unpaired) electrons.